The average molecular weight is 405 g/mol. The molecule has 0 saturated heterocycles. The Bertz CT molecular complexity index is 1140. The number of aromatic nitrogens is 1. The fourth-order valence-electron chi connectivity index (χ4n) is 2.45. The average Bonchev–Trinajstić information content (AvgIpc) is 3.03. The lowest BCUT2D eigenvalue weighted by Crippen LogP contribution is -2.16. The first-order chi connectivity index (χ1) is 12.8. The summed E-state index contributed by atoms with van der Waals surface area (Å²) >= 11 is 1.17. The van der Waals surface area contributed by atoms with Gasteiger partial charge in [-0.3, -0.25) is 14.7 Å². The van der Waals surface area contributed by atoms with Crippen molar-refractivity contribution in [2.75, 3.05) is 13.4 Å². The molecule has 0 spiro atoms. The second-order valence-electron chi connectivity index (χ2n) is 5.57. The van der Waals surface area contributed by atoms with Crippen LogP contribution in [0.2, 0.25) is 0 Å². The Hall–Kier alpha value is -2.98. The van der Waals surface area contributed by atoms with Gasteiger partial charge in [0.25, 0.3) is 15.7 Å². The number of nitrogens with zero attached hydrogens (tertiary/aromatic N) is 3. The van der Waals surface area contributed by atoms with Crippen LogP contribution in [-0.2, 0) is 10.0 Å². The SMILES string of the molecule is COc1ccc(-c2csc(=NS(C)(=O)=O)n2-c2ccc([N+](=O)[O-])cc2)cc1. The maximum absolute atomic E-state index is 11.7. The normalized spacial score (nSPS) is 12.1. The third kappa shape index (κ3) is 4.23. The van der Waals surface area contributed by atoms with E-state index in [9.17, 15) is 18.5 Å². The van der Waals surface area contributed by atoms with Gasteiger partial charge in [0.2, 0.25) is 4.80 Å². The van der Waals surface area contributed by atoms with Crippen molar-refractivity contribution in [1.82, 2.24) is 4.57 Å². The molecule has 0 bridgehead atoms. The third-order valence-corrected chi connectivity index (χ3v) is 5.10. The zero-order chi connectivity index (χ0) is 19.6. The van der Waals surface area contributed by atoms with E-state index in [0.717, 1.165) is 11.8 Å². The number of sulfonamides is 1. The highest BCUT2D eigenvalue weighted by molar-refractivity contribution is 7.89. The number of benzene rings is 2. The summed E-state index contributed by atoms with van der Waals surface area (Å²) in [4.78, 5) is 10.6. The van der Waals surface area contributed by atoms with Crippen LogP contribution in [0.15, 0.2) is 58.3 Å². The Morgan fingerprint density at radius 1 is 1.11 bits per heavy atom. The summed E-state index contributed by atoms with van der Waals surface area (Å²) < 4.78 is 34.0. The summed E-state index contributed by atoms with van der Waals surface area (Å²) in [5.74, 6) is 0.692. The minimum absolute atomic E-state index is 0.0535. The molecule has 0 atom stereocenters. The molecular weight excluding hydrogens is 390 g/mol. The molecule has 27 heavy (non-hydrogen) atoms. The summed E-state index contributed by atoms with van der Waals surface area (Å²) in [6.45, 7) is 0. The van der Waals surface area contributed by atoms with Crippen molar-refractivity contribution in [1.29, 1.82) is 0 Å². The van der Waals surface area contributed by atoms with Crippen LogP contribution in [0.1, 0.15) is 0 Å². The number of hydrogen-bond acceptors (Lipinski definition) is 6. The molecular formula is C17H15N3O5S2. The van der Waals surface area contributed by atoms with E-state index in [1.54, 1.807) is 41.3 Å². The zero-order valence-corrected chi connectivity index (χ0v) is 16.0. The van der Waals surface area contributed by atoms with Gasteiger partial charge in [-0.15, -0.1) is 15.7 Å². The van der Waals surface area contributed by atoms with Crippen molar-refractivity contribution in [3.8, 4) is 22.7 Å². The highest BCUT2D eigenvalue weighted by atomic mass is 32.2. The first-order valence-corrected chi connectivity index (χ1v) is 10.4. The maximum atomic E-state index is 11.7. The molecule has 0 aliphatic carbocycles. The molecule has 8 nitrogen and oxygen atoms in total. The lowest BCUT2D eigenvalue weighted by atomic mass is 10.1. The summed E-state index contributed by atoms with van der Waals surface area (Å²) in [5, 5.41) is 12.7. The van der Waals surface area contributed by atoms with E-state index >= 15 is 0 Å². The summed E-state index contributed by atoms with van der Waals surface area (Å²) in [7, 11) is -2.05. The van der Waals surface area contributed by atoms with E-state index < -0.39 is 14.9 Å². The molecule has 0 unspecified atom stereocenters. The van der Waals surface area contributed by atoms with Gasteiger partial charge in [-0.05, 0) is 42.0 Å². The lowest BCUT2D eigenvalue weighted by Gasteiger charge is -2.10. The van der Waals surface area contributed by atoms with Crippen molar-refractivity contribution < 1.29 is 18.1 Å². The first kappa shape index (κ1) is 18.8. The number of nitro benzene ring substituents is 1. The summed E-state index contributed by atoms with van der Waals surface area (Å²) in [6, 6.07) is 13.1. The van der Waals surface area contributed by atoms with Gasteiger partial charge in [0.15, 0.2) is 0 Å². The van der Waals surface area contributed by atoms with Gasteiger partial charge in [0.05, 0.1) is 24.0 Å². The van der Waals surface area contributed by atoms with E-state index in [0.29, 0.717) is 17.1 Å². The Morgan fingerprint density at radius 2 is 1.74 bits per heavy atom. The highest BCUT2D eigenvalue weighted by Gasteiger charge is 2.13. The maximum Gasteiger partial charge on any atom is 0.269 e. The van der Waals surface area contributed by atoms with Gasteiger partial charge < -0.3 is 4.74 Å². The number of rotatable bonds is 5. The van der Waals surface area contributed by atoms with Gasteiger partial charge in [0, 0.05) is 23.2 Å². The van der Waals surface area contributed by atoms with E-state index in [2.05, 4.69) is 4.40 Å². The monoisotopic (exact) mass is 405 g/mol. The molecule has 3 rings (SSSR count). The Labute approximate surface area is 159 Å². The van der Waals surface area contributed by atoms with E-state index in [-0.39, 0.29) is 10.5 Å². The smallest absolute Gasteiger partial charge is 0.269 e. The van der Waals surface area contributed by atoms with Crippen molar-refractivity contribution >= 4 is 27.0 Å². The standard InChI is InChI=1S/C17H15N3O5S2/c1-25-15-9-3-12(4-10-15)16-11-26-17(18-27(2,23)24)19(16)13-5-7-14(8-6-13)20(21)22/h3-11H,1-2H3. The van der Waals surface area contributed by atoms with Crippen molar-refractivity contribution in [3.63, 3.8) is 0 Å². The zero-order valence-electron chi connectivity index (χ0n) is 14.4. The fraction of sp³-hybridized carbons (Fsp3) is 0.118. The molecule has 3 aromatic rings. The predicted octanol–water partition coefficient (Wildman–Crippen LogP) is 2.98. The molecule has 140 valence electrons. The molecule has 0 radical (unpaired) electrons. The number of thiazole rings is 1. The third-order valence-electron chi connectivity index (χ3n) is 3.66. The molecule has 0 N–H and O–H groups in total. The number of methoxy groups -OCH3 is 1. The predicted molar refractivity (Wildman–Crippen MR) is 103 cm³/mol. The second kappa shape index (κ2) is 7.33. The van der Waals surface area contributed by atoms with E-state index in [1.165, 1.54) is 23.5 Å². The fourth-order valence-corrected chi connectivity index (χ4v) is 4.16. The Kier molecular flexibility index (Phi) is 5.10. The van der Waals surface area contributed by atoms with E-state index in [1.807, 2.05) is 12.1 Å². The summed E-state index contributed by atoms with van der Waals surface area (Å²) in [5.41, 5.74) is 2.04. The number of ether oxygens (including phenoxy) is 1. The van der Waals surface area contributed by atoms with Crippen LogP contribution in [0.25, 0.3) is 16.9 Å². The molecule has 0 amide bonds. The largest absolute Gasteiger partial charge is 0.497 e. The molecule has 0 aliphatic rings. The topological polar surface area (TPSA) is 104 Å². The van der Waals surface area contributed by atoms with Gasteiger partial charge in [-0.1, -0.05) is 0 Å². The first-order valence-electron chi connectivity index (χ1n) is 7.64. The second-order valence-corrected chi connectivity index (χ2v) is 8.05. The van der Waals surface area contributed by atoms with E-state index in [4.69, 9.17) is 4.74 Å². The van der Waals surface area contributed by atoms with Crippen LogP contribution in [0.4, 0.5) is 5.69 Å². The Balaban J connectivity index is 2.23. The molecule has 1 aromatic heterocycles. The minimum atomic E-state index is -3.62. The lowest BCUT2D eigenvalue weighted by molar-refractivity contribution is -0.384. The quantitative estimate of drug-likeness (QED) is 0.479. The molecule has 0 saturated carbocycles. The number of nitro groups is 1. The van der Waals surface area contributed by atoms with Crippen LogP contribution in [0.3, 0.4) is 0 Å². The minimum Gasteiger partial charge on any atom is -0.497 e. The number of hydrogen-bond donors (Lipinski definition) is 0. The van der Waals surface area contributed by atoms with Crippen LogP contribution >= 0.6 is 11.3 Å². The van der Waals surface area contributed by atoms with Crippen molar-refractivity contribution in [2.24, 2.45) is 4.40 Å². The van der Waals surface area contributed by atoms with Crippen LogP contribution in [0, 0.1) is 10.1 Å². The van der Waals surface area contributed by atoms with Crippen LogP contribution in [0.5, 0.6) is 5.75 Å². The van der Waals surface area contributed by atoms with Gasteiger partial charge in [-0.2, -0.15) is 0 Å². The summed E-state index contributed by atoms with van der Waals surface area (Å²) in [6.07, 6.45) is 1.01. The van der Waals surface area contributed by atoms with Crippen molar-refractivity contribution in [3.05, 3.63) is 68.8 Å². The molecule has 0 fully saturated rings. The molecule has 1 heterocycles. The van der Waals surface area contributed by atoms with Crippen molar-refractivity contribution in [2.45, 2.75) is 0 Å². The van der Waals surface area contributed by atoms with Gasteiger partial charge >= 0.3 is 0 Å². The Morgan fingerprint density at radius 3 is 2.26 bits per heavy atom. The highest BCUT2D eigenvalue weighted by Crippen LogP contribution is 2.26. The van der Waals surface area contributed by atoms with Gasteiger partial charge in [0.1, 0.15) is 5.75 Å². The molecule has 0 aliphatic heterocycles. The van der Waals surface area contributed by atoms with Gasteiger partial charge in [-0.25, -0.2) is 8.42 Å². The van der Waals surface area contributed by atoms with Crippen LogP contribution in [-0.4, -0.2) is 31.3 Å². The number of non-ortho nitro benzene ring substituents is 1. The molecule has 2 aromatic carbocycles. The van der Waals surface area contributed by atoms with Crippen LogP contribution < -0.4 is 9.54 Å². The molecule has 10 heteroatoms.